The van der Waals surface area contributed by atoms with Crippen LogP contribution in [0.2, 0.25) is 0 Å². The fourth-order valence-corrected chi connectivity index (χ4v) is 8.84. The summed E-state index contributed by atoms with van der Waals surface area (Å²) in [6, 6.07) is 10.6. The normalized spacial score (nSPS) is 23.1. The average molecular weight is 825 g/mol. The Hall–Kier alpha value is -5.98. The first kappa shape index (κ1) is 40.8. The molecular weight excluding hydrogens is 775 g/mol. The van der Waals surface area contributed by atoms with Crippen molar-refractivity contribution in [2.75, 3.05) is 27.3 Å². The number of alkyl halides is 2. The van der Waals surface area contributed by atoms with Crippen LogP contribution in [0.25, 0.3) is 22.3 Å². The van der Waals surface area contributed by atoms with Crippen molar-refractivity contribution in [3.8, 4) is 23.1 Å². The molecule has 2 aromatic heterocycles. The van der Waals surface area contributed by atoms with Crippen molar-refractivity contribution in [1.82, 2.24) is 40.4 Å². The van der Waals surface area contributed by atoms with E-state index in [2.05, 4.69) is 32.4 Å². The summed E-state index contributed by atoms with van der Waals surface area (Å²) in [4.78, 5) is 71.4. The number of H-pyrrole nitrogens is 2. The lowest BCUT2D eigenvalue weighted by atomic mass is 10.0. The number of ether oxygens (including phenoxy) is 2. The summed E-state index contributed by atoms with van der Waals surface area (Å²) in [6.45, 7) is 7.83. The highest BCUT2D eigenvalue weighted by molar-refractivity contribution is 5.87. The molecule has 4 fully saturated rings. The maximum atomic E-state index is 14.7. The SMILES string of the molecule is COC(=O)N[C@H](C(=O)N1C[C@@]2(C[C@H]1c1nc(-c3ccc(C#Cc4ccc5[nH]c([C@@H]6CC7(CC7)CN6C(=O)[C@@H](NC(=O)OC)C(C)C)nc5c4)cc3)c[nH]1)CC2(F)F)C(C)C. The Bertz CT molecular complexity index is 2390. The second-order valence-electron chi connectivity index (χ2n) is 17.6. The Morgan fingerprint density at radius 3 is 1.93 bits per heavy atom. The quantitative estimate of drug-likeness (QED) is 0.139. The van der Waals surface area contributed by atoms with E-state index in [9.17, 15) is 28.0 Å². The number of nitrogens with one attached hydrogen (secondary N) is 4. The highest BCUT2D eigenvalue weighted by atomic mass is 19.3. The maximum absolute atomic E-state index is 14.7. The number of benzene rings is 2. The molecule has 4 N–H and O–H groups in total. The molecule has 2 aromatic carbocycles. The van der Waals surface area contributed by atoms with Crippen LogP contribution in [0.1, 0.15) is 94.7 Å². The molecule has 2 saturated carbocycles. The van der Waals surface area contributed by atoms with Gasteiger partial charge >= 0.3 is 12.2 Å². The molecule has 4 aromatic rings. The molecule has 16 heteroatoms. The molecule has 8 rings (SSSR count). The van der Waals surface area contributed by atoms with Crippen LogP contribution < -0.4 is 10.6 Å². The van der Waals surface area contributed by atoms with E-state index in [0.29, 0.717) is 23.9 Å². The van der Waals surface area contributed by atoms with Crippen molar-refractivity contribution in [1.29, 1.82) is 0 Å². The summed E-state index contributed by atoms with van der Waals surface area (Å²) >= 11 is 0. The molecule has 5 atom stereocenters. The van der Waals surface area contributed by atoms with E-state index in [1.165, 1.54) is 19.1 Å². The van der Waals surface area contributed by atoms with Crippen molar-refractivity contribution in [2.45, 2.75) is 89.9 Å². The minimum Gasteiger partial charge on any atom is -0.453 e. The average Bonchev–Trinajstić information content (AvgIpc) is 3.64. The molecule has 4 aliphatic rings. The predicted octanol–water partition coefficient (Wildman–Crippen LogP) is 6.47. The number of hydrogen-bond acceptors (Lipinski definition) is 8. The summed E-state index contributed by atoms with van der Waals surface area (Å²) in [5.41, 5.74) is 3.21. The number of carbonyl (C=O) groups is 4. The Kier molecular flexibility index (Phi) is 10.4. The van der Waals surface area contributed by atoms with E-state index >= 15 is 0 Å². The van der Waals surface area contributed by atoms with Crippen LogP contribution in [0.4, 0.5) is 18.4 Å². The number of aromatic amines is 2. The molecule has 0 bridgehead atoms. The fraction of sp³-hybridized carbons (Fsp3) is 0.500. The number of rotatable bonds is 9. The lowest BCUT2D eigenvalue weighted by Gasteiger charge is -2.30. The molecule has 0 unspecified atom stereocenters. The third-order valence-corrected chi connectivity index (χ3v) is 12.7. The van der Waals surface area contributed by atoms with E-state index in [-0.39, 0.29) is 48.6 Å². The number of imidazole rings is 2. The number of fused-ring (bicyclic) bond motifs is 1. The van der Waals surface area contributed by atoms with Crippen LogP contribution in [-0.2, 0) is 19.1 Å². The monoisotopic (exact) mass is 824 g/mol. The topological polar surface area (TPSA) is 175 Å². The van der Waals surface area contributed by atoms with Crippen LogP contribution >= 0.6 is 0 Å². The molecule has 2 aliphatic carbocycles. The van der Waals surface area contributed by atoms with Gasteiger partial charge in [-0.2, -0.15) is 0 Å². The largest absolute Gasteiger partial charge is 0.453 e. The number of halogens is 2. The zero-order valence-electron chi connectivity index (χ0n) is 34.5. The highest BCUT2D eigenvalue weighted by Gasteiger charge is 2.75. The number of amides is 4. The van der Waals surface area contributed by atoms with Gasteiger partial charge in [0.25, 0.3) is 5.92 Å². The minimum absolute atomic E-state index is 0.0515. The van der Waals surface area contributed by atoms with Crippen LogP contribution in [0.15, 0.2) is 48.7 Å². The van der Waals surface area contributed by atoms with Gasteiger partial charge in [-0.05, 0) is 73.3 Å². The highest BCUT2D eigenvalue weighted by Crippen LogP contribution is 2.68. The molecule has 2 saturated heterocycles. The Morgan fingerprint density at radius 2 is 1.37 bits per heavy atom. The maximum Gasteiger partial charge on any atom is 0.407 e. The first-order valence-corrected chi connectivity index (χ1v) is 20.4. The number of alkyl carbamates (subject to hydrolysis) is 2. The summed E-state index contributed by atoms with van der Waals surface area (Å²) < 4.78 is 38.9. The third-order valence-electron chi connectivity index (χ3n) is 12.7. The second kappa shape index (κ2) is 15.2. The zero-order valence-corrected chi connectivity index (χ0v) is 34.5. The van der Waals surface area contributed by atoms with Gasteiger partial charge < -0.3 is 39.9 Å². The number of nitrogens with zero attached hydrogens (tertiary/aromatic N) is 4. The fourth-order valence-electron chi connectivity index (χ4n) is 8.84. The molecule has 14 nitrogen and oxygen atoms in total. The molecule has 2 spiro atoms. The second-order valence-corrected chi connectivity index (χ2v) is 17.6. The van der Waals surface area contributed by atoms with Gasteiger partial charge in [-0.1, -0.05) is 51.7 Å². The molecule has 4 amide bonds. The summed E-state index contributed by atoms with van der Waals surface area (Å²) in [5, 5.41) is 5.29. The number of hydrogen-bond donors (Lipinski definition) is 4. The van der Waals surface area contributed by atoms with Gasteiger partial charge in [0.05, 0.1) is 48.4 Å². The first-order chi connectivity index (χ1) is 28.5. The van der Waals surface area contributed by atoms with E-state index in [1.807, 2.05) is 61.2 Å². The van der Waals surface area contributed by atoms with Crippen molar-refractivity contribution in [2.24, 2.45) is 22.7 Å². The molecule has 2 aliphatic heterocycles. The minimum atomic E-state index is -2.88. The van der Waals surface area contributed by atoms with Crippen molar-refractivity contribution in [3.63, 3.8) is 0 Å². The molecule has 0 radical (unpaired) electrons. The van der Waals surface area contributed by atoms with E-state index in [0.717, 1.165) is 47.0 Å². The van der Waals surface area contributed by atoms with Crippen molar-refractivity contribution >= 4 is 35.0 Å². The first-order valence-electron chi connectivity index (χ1n) is 20.4. The van der Waals surface area contributed by atoms with E-state index < -0.39 is 47.6 Å². The van der Waals surface area contributed by atoms with Gasteiger partial charge in [0.15, 0.2) is 0 Å². The van der Waals surface area contributed by atoms with Gasteiger partial charge in [-0.15, -0.1) is 0 Å². The van der Waals surface area contributed by atoms with Crippen LogP contribution in [0, 0.1) is 34.5 Å². The molecule has 316 valence electrons. The lowest BCUT2D eigenvalue weighted by molar-refractivity contribution is -0.136. The van der Waals surface area contributed by atoms with E-state index in [4.69, 9.17) is 19.4 Å². The van der Waals surface area contributed by atoms with Gasteiger partial charge in [-0.25, -0.2) is 28.3 Å². The van der Waals surface area contributed by atoms with Crippen LogP contribution in [-0.4, -0.2) is 99.1 Å². The van der Waals surface area contributed by atoms with Gasteiger partial charge in [0, 0.05) is 42.4 Å². The predicted molar refractivity (Wildman–Crippen MR) is 216 cm³/mol. The van der Waals surface area contributed by atoms with E-state index in [1.54, 1.807) is 20.0 Å². The Balaban J connectivity index is 0.969. The summed E-state index contributed by atoms with van der Waals surface area (Å²) in [5.74, 6) is 3.60. The van der Waals surface area contributed by atoms with Crippen molar-refractivity contribution < 1.29 is 37.4 Å². The van der Waals surface area contributed by atoms with Gasteiger partial charge in [-0.3, -0.25) is 9.59 Å². The van der Waals surface area contributed by atoms with Gasteiger partial charge in [0.1, 0.15) is 23.7 Å². The van der Waals surface area contributed by atoms with Gasteiger partial charge in [0.2, 0.25) is 11.8 Å². The third kappa shape index (κ3) is 7.65. The standard InChI is InChI=1S/C44H50F2N8O6/c1-24(2)34(51-40(57)59-5)38(55)53-22-42(15-16-42)18-32(53)37-48-29-14-11-27(17-30(29)49-37)8-7-26-9-12-28(13-10-26)31-20-47-36(50-31)33-19-43(21-44(43,45)46)23-54(33)39(56)35(25(3)4)52-41(58)60-6/h9-14,17,20,24-25,32-35H,15-16,18-19,21-23H2,1-6H3,(H,47,50)(H,48,49)(H,51,57)(H,52,58)/t32-,33-,34-,35-,43+/m0/s1. The molecular formula is C44H50F2N8O6. The van der Waals surface area contributed by atoms with Crippen molar-refractivity contribution in [3.05, 3.63) is 71.4 Å². The van der Waals surface area contributed by atoms with Crippen LogP contribution in [0.3, 0.4) is 0 Å². The number of aromatic nitrogens is 4. The summed E-state index contributed by atoms with van der Waals surface area (Å²) in [7, 11) is 2.49. The lowest BCUT2D eigenvalue weighted by Crippen LogP contribution is -2.51. The number of likely N-dealkylation sites (tertiary alicyclic amines) is 2. The molecule has 4 heterocycles. The zero-order chi connectivity index (χ0) is 42.7. The smallest absolute Gasteiger partial charge is 0.407 e. The van der Waals surface area contributed by atoms with Crippen LogP contribution in [0.5, 0.6) is 0 Å². The number of carbonyl (C=O) groups excluding carboxylic acids is 4. The molecule has 60 heavy (non-hydrogen) atoms. The Labute approximate surface area is 346 Å². The number of methoxy groups -OCH3 is 2. The Morgan fingerprint density at radius 1 is 0.800 bits per heavy atom. The summed E-state index contributed by atoms with van der Waals surface area (Å²) in [6.07, 6.45) is 2.94.